The van der Waals surface area contributed by atoms with Crippen LogP contribution in [0.5, 0.6) is 0 Å². The van der Waals surface area contributed by atoms with Crippen LogP contribution in [0, 0.1) is 0 Å². The van der Waals surface area contributed by atoms with Crippen LogP contribution in [0.15, 0.2) is 54.9 Å². The fraction of sp³-hybridized carbons (Fsp3) is 0. The lowest BCUT2D eigenvalue weighted by molar-refractivity contribution is 1.29. The van der Waals surface area contributed by atoms with Crippen molar-refractivity contribution in [2.24, 2.45) is 5.73 Å². The zero-order chi connectivity index (χ0) is 13.9. The van der Waals surface area contributed by atoms with E-state index in [9.17, 15) is 0 Å². The molecule has 0 aliphatic rings. The smallest absolute Gasteiger partial charge is 0.122 e. The molecule has 0 bridgehead atoms. The summed E-state index contributed by atoms with van der Waals surface area (Å²) in [6, 6.07) is 13.7. The van der Waals surface area contributed by atoms with Gasteiger partial charge >= 0.3 is 0 Å². The van der Waals surface area contributed by atoms with Crippen LogP contribution in [0.3, 0.4) is 0 Å². The molecule has 0 fully saturated rings. The molecular weight excluding hydrogens is 268 g/mol. The van der Waals surface area contributed by atoms with Crippen LogP contribution in [0.4, 0.5) is 11.4 Å². The molecule has 0 radical (unpaired) electrons. The van der Waals surface area contributed by atoms with Crippen molar-refractivity contribution in [2.75, 3.05) is 5.32 Å². The SMILES string of the molecule is NC(=S)c1ccc(Nc2ccc3ncccc3c2)cn1. The van der Waals surface area contributed by atoms with E-state index in [0.29, 0.717) is 10.7 Å². The molecule has 3 aromatic rings. The lowest BCUT2D eigenvalue weighted by atomic mass is 10.2. The number of nitrogens with one attached hydrogen (secondary N) is 1. The number of pyridine rings is 2. The second-order valence-electron chi connectivity index (χ2n) is 4.33. The van der Waals surface area contributed by atoms with Crippen molar-refractivity contribution < 1.29 is 0 Å². The maximum Gasteiger partial charge on any atom is 0.122 e. The van der Waals surface area contributed by atoms with E-state index < -0.39 is 0 Å². The fourth-order valence-electron chi connectivity index (χ4n) is 1.93. The van der Waals surface area contributed by atoms with Crippen LogP contribution in [0.1, 0.15) is 5.69 Å². The number of nitrogens with zero attached hydrogens (tertiary/aromatic N) is 2. The third kappa shape index (κ3) is 2.57. The lowest BCUT2D eigenvalue weighted by Gasteiger charge is -2.07. The van der Waals surface area contributed by atoms with Crippen molar-refractivity contribution >= 4 is 39.5 Å². The zero-order valence-corrected chi connectivity index (χ0v) is 11.4. The molecule has 0 atom stereocenters. The Bertz CT molecular complexity index is 768. The Labute approximate surface area is 121 Å². The van der Waals surface area contributed by atoms with Crippen molar-refractivity contribution in [1.82, 2.24) is 9.97 Å². The first-order chi connectivity index (χ1) is 9.72. The van der Waals surface area contributed by atoms with Gasteiger partial charge in [-0.2, -0.15) is 0 Å². The highest BCUT2D eigenvalue weighted by Gasteiger charge is 2.00. The van der Waals surface area contributed by atoms with E-state index in [-0.39, 0.29) is 0 Å². The van der Waals surface area contributed by atoms with Gasteiger partial charge in [0.1, 0.15) is 4.99 Å². The van der Waals surface area contributed by atoms with Gasteiger partial charge in [-0.1, -0.05) is 18.3 Å². The summed E-state index contributed by atoms with van der Waals surface area (Å²) in [7, 11) is 0. The van der Waals surface area contributed by atoms with Crippen LogP contribution >= 0.6 is 12.2 Å². The maximum absolute atomic E-state index is 5.52. The number of hydrogen-bond donors (Lipinski definition) is 2. The van der Waals surface area contributed by atoms with Gasteiger partial charge in [-0.3, -0.25) is 9.97 Å². The highest BCUT2D eigenvalue weighted by Crippen LogP contribution is 2.20. The van der Waals surface area contributed by atoms with Gasteiger partial charge in [-0.05, 0) is 36.4 Å². The first-order valence-corrected chi connectivity index (χ1v) is 6.51. The summed E-state index contributed by atoms with van der Waals surface area (Å²) in [6.07, 6.45) is 3.50. The number of thiocarbonyl (C=S) groups is 1. The lowest BCUT2D eigenvalue weighted by Crippen LogP contribution is -2.11. The average Bonchev–Trinajstić information content (AvgIpc) is 2.48. The second-order valence-corrected chi connectivity index (χ2v) is 4.77. The van der Waals surface area contributed by atoms with Gasteiger partial charge in [0.05, 0.1) is 23.1 Å². The molecule has 0 saturated carbocycles. The van der Waals surface area contributed by atoms with Crippen LogP contribution in [0.2, 0.25) is 0 Å². The Kier molecular flexibility index (Phi) is 3.26. The predicted octanol–water partition coefficient (Wildman–Crippen LogP) is 3.01. The first-order valence-electron chi connectivity index (χ1n) is 6.10. The van der Waals surface area contributed by atoms with E-state index >= 15 is 0 Å². The highest BCUT2D eigenvalue weighted by atomic mass is 32.1. The number of anilines is 2. The molecule has 0 aliphatic carbocycles. The summed E-state index contributed by atoms with van der Waals surface area (Å²) in [6.45, 7) is 0. The van der Waals surface area contributed by atoms with Crippen LogP contribution in [-0.4, -0.2) is 15.0 Å². The topological polar surface area (TPSA) is 63.8 Å². The molecule has 0 amide bonds. The van der Waals surface area contributed by atoms with Gasteiger partial charge in [-0.25, -0.2) is 0 Å². The average molecular weight is 280 g/mol. The van der Waals surface area contributed by atoms with Gasteiger partial charge in [0.25, 0.3) is 0 Å². The quantitative estimate of drug-likeness (QED) is 0.722. The molecule has 20 heavy (non-hydrogen) atoms. The summed E-state index contributed by atoms with van der Waals surface area (Å²) < 4.78 is 0. The van der Waals surface area contributed by atoms with Crippen LogP contribution in [-0.2, 0) is 0 Å². The van der Waals surface area contributed by atoms with Gasteiger partial charge < -0.3 is 11.1 Å². The van der Waals surface area contributed by atoms with E-state index in [4.69, 9.17) is 18.0 Å². The standard InChI is InChI=1S/C15H12N4S/c16-15(20)14-6-4-12(9-18-14)19-11-3-5-13-10(8-11)2-1-7-17-13/h1-9,19H,(H2,16,20). The number of benzene rings is 1. The number of hydrogen-bond acceptors (Lipinski definition) is 4. The van der Waals surface area contributed by atoms with Crippen molar-refractivity contribution in [3.8, 4) is 0 Å². The van der Waals surface area contributed by atoms with Crippen molar-refractivity contribution in [3.05, 3.63) is 60.6 Å². The summed E-state index contributed by atoms with van der Waals surface area (Å²) in [5, 5.41) is 4.38. The fourth-order valence-corrected chi connectivity index (χ4v) is 2.05. The molecule has 0 saturated heterocycles. The Balaban J connectivity index is 1.87. The van der Waals surface area contributed by atoms with E-state index in [1.165, 1.54) is 0 Å². The monoisotopic (exact) mass is 280 g/mol. The molecule has 3 rings (SSSR count). The summed E-state index contributed by atoms with van der Waals surface area (Å²) in [4.78, 5) is 8.79. The Morgan fingerprint density at radius 2 is 1.90 bits per heavy atom. The van der Waals surface area contributed by atoms with E-state index in [1.54, 1.807) is 18.5 Å². The molecule has 4 nitrogen and oxygen atoms in total. The van der Waals surface area contributed by atoms with Crippen molar-refractivity contribution in [3.63, 3.8) is 0 Å². The van der Waals surface area contributed by atoms with Gasteiger partial charge in [-0.15, -0.1) is 0 Å². The number of fused-ring (bicyclic) bond motifs is 1. The molecular formula is C15H12N4S. The normalized spacial score (nSPS) is 10.4. The first kappa shape index (κ1) is 12.5. The van der Waals surface area contributed by atoms with Gasteiger partial charge in [0.15, 0.2) is 0 Å². The molecule has 3 N–H and O–H groups in total. The molecule has 98 valence electrons. The molecule has 0 aliphatic heterocycles. The Morgan fingerprint density at radius 3 is 2.65 bits per heavy atom. The van der Waals surface area contributed by atoms with E-state index in [2.05, 4.69) is 15.3 Å². The summed E-state index contributed by atoms with van der Waals surface area (Å²) in [5.74, 6) is 0. The second kappa shape index (κ2) is 5.22. The van der Waals surface area contributed by atoms with Crippen LogP contribution < -0.4 is 11.1 Å². The minimum atomic E-state index is 0.299. The van der Waals surface area contributed by atoms with E-state index in [1.807, 2.05) is 36.4 Å². The highest BCUT2D eigenvalue weighted by molar-refractivity contribution is 7.80. The van der Waals surface area contributed by atoms with Gasteiger partial charge in [0.2, 0.25) is 0 Å². The molecule has 5 heteroatoms. The van der Waals surface area contributed by atoms with Crippen molar-refractivity contribution in [1.29, 1.82) is 0 Å². The largest absolute Gasteiger partial charge is 0.388 e. The molecule has 0 unspecified atom stereocenters. The molecule has 2 heterocycles. The summed E-state index contributed by atoms with van der Waals surface area (Å²) >= 11 is 4.88. The predicted molar refractivity (Wildman–Crippen MR) is 85.2 cm³/mol. The number of nitrogens with two attached hydrogens (primary N) is 1. The number of aromatic nitrogens is 2. The minimum absolute atomic E-state index is 0.299. The maximum atomic E-state index is 5.52. The van der Waals surface area contributed by atoms with E-state index in [0.717, 1.165) is 22.3 Å². The molecule has 0 spiro atoms. The third-order valence-corrected chi connectivity index (χ3v) is 3.12. The van der Waals surface area contributed by atoms with Gasteiger partial charge in [0, 0.05) is 17.3 Å². The van der Waals surface area contributed by atoms with Crippen LogP contribution in [0.25, 0.3) is 10.9 Å². The minimum Gasteiger partial charge on any atom is -0.388 e. The number of rotatable bonds is 3. The molecule has 1 aromatic carbocycles. The third-order valence-electron chi connectivity index (χ3n) is 2.91. The molecule has 2 aromatic heterocycles. The Morgan fingerprint density at radius 1 is 1.05 bits per heavy atom. The Hall–Kier alpha value is -2.53. The summed E-state index contributed by atoms with van der Waals surface area (Å²) in [5.41, 5.74) is 8.98. The zero-order valence-electron chi connectivity index (χ0n) is 10.6. The van der Waals surface area contributed by atoms with Crippen molar-refractivity contribution in [2.45, 2.75) is 0 Å².